The van der Waals surface area contributed by atoms with Crippen LogP contribution in [0.2, 0.25) is 0 Å². The van der Waals surface area contributed by atoms with Gasteiger partial charge in [0.1, 0.15) is 0 Å². The first-order valence-electron chi connectivity index (χ1n) is 3.76. The molecule has 59 valence electrons. The van der Waals surface area contributed by atoms with E-state index in [1.165, 1.54) is 6.42 Å². The Morgan fingerprint density at radius 3 is 3.09 bits per heavy atom. The number of hydrogen-bond donors (Lipinski definition) is 0. The van der Waals surface area contributed by atoms with Gasteiger partial charge in [-0.3, -0.25) is 0 Å². The number of nitrogens with zero attached hydrogens (tertiary/aromatic N) is 3. The third kappa shape index (κ3) is 1.20. The molecule has 4 nitrogen and oxygen atoms in total. The van der Waals surface area contributed by atoms with Crippen LogP contribution in [0, 0.1) is 13.5 Å². The molecule has 2 rings (SSSR count). The third-order valence-corrected chi connectivity index (χ3v) is 1.73. The van der Waals surface area contributed by atoms with Gasteiger partial charge in [-0.05, 0) is 18.0 Å². The molecule has 1 radical (unpaired) electrons. The molecule has 1 aliphatic heterocycles. The van der Waals surface area contributed by atoms with Crippen molar-refractivity contribution >= 4 is 5.95 Å². The fraction of sp³-hybridized carbons (Fsp3) is 0.571. The molecule has 11 heavy (non-hydrogen) atoms. The molecule has 4 heteroatoms. The second kappa shape index (κ2) is 2.53. The summed E-state index contributed by atoms with van der Waals surface area (Å²) in [7, 11) is 0. The Labute approximate surface area is 65.2 Å². The summed E-state index contributed by atoms with van der Waals surface area (Å²) in [6, 6.07) is 0. The van der Waals surface area contributed by atoms with E-state index in [1.54, 1.807) is 6.92 Å². The normalized spacial score (nSPS) is 17.7. The summed E-state index contributed by atoms with van der Waals surface area (Å²) in [6.07, 6.45) is 2.31. The highest BCUT2D eigenvalue weighted by molar-refractivity contribution is 5.32. The van der Waals surface area contributed by atoms with Crippen LogP contribution in [0.1, 0.15) is 18.7 Å². The fourth-order valence-electron chi connectivity index (χ4n) is 1.19. The first kappa shape index (κ1) is 6.64. The fourth-order valence-corrected chi connectivity index (χ4v) is 1.19. The predicted molar refractivity (Wildman–Crippen MR) is 39.9 cm³/mol. The molecule has 0 saturated carbocycles. The Morgan fingerprint density at radius 2 is 2.55 bits per heavy atom. The molecular weight excluding hydrogens is 142 g/mol. The lowest BCUT2D eigenvalue weighted by Gasteiger charge is -2.08. The minimum atomic E-state index is 0.625. The van der Waals surface area contributed by atoms with Crippen LogP contribution in [0.4, 0.5) is 5.95 Å². The Bertz CT molecular complexity index is 240. The minimum absolute atomic E-state index is 0.625. The highest BCUT2D eigenvalue weighted by Gasteiger charge is 2.16. The number of aromatic nitrogens is 2. The van der Waals surface area contributed by atoms with Gasteiger partial charge in [-0.1, -0.05) is 0 Å². The molecule has 1 saturated heterocycles. The van der Waals surface area contributed by atoms with Gasteiger partial charge in [-0.15, -0.1) is 0 Å². The zero-order valence-corrected chi connectivity index (χ0v) is 6.45. The number of hydrogen-bond acceptors (Lipinski definition) is 4. The van der Waals surface area contributed by atoms with Crippen LogP contribution in [0.15, 0.2) is 4.52 Å². The molecule has 0 aliphatic carbocycles. The van der Waals surface area contributed by atoms with Crippen LogP contribution < -0.4 is 4.90 Å². The van der Waals surface area contributed by atoms with E-state index in [0.717, 1.165) is 13.0 Å². The minimum Gasteiger partial charge on any atom is -0.338 e. The van der Waals surface area contributed by atoms with E-state index in [9.17, 15) is 0 Å². The average Bonchev–Trinajstić information content (AvgIpc) is 2.55. The average molecular weight is 152 g/mol. The SMILES string of the molecule is Cc1nc(N2[CH]CCC2)no1. The number of anilines is 1. The van der Waals surface area contributed by atoms with Gasteiger partial charge in [-0.2, -0.15) is 4.98 Å². The monoisotopic (exact) mass is 152 g/mol. The summed E-state index contributed by atoms with van der Waals surface area (Å²) in [4.78, 5) is 6.13. The molecule has 0 unspecified atom stereocenters. The Kier molecular flexibility index (Phi) is 1.52. The van der Waals surface area contributed by atoms with E-state index in [0.29, 0.717) is 11.8 Å². The second-order valence-electron chi connectivity index (χ2n) is 2.63. The van der Waals surface area contributed by atoms with Crippen molar-refractivity contribution in [2.45, 2.75) is 19.8 Å². The molecule has 0 atom stereocenters. The van der Waals surface area contributed by atoms with E-state index < -0.39 is 0 Å². The molecule has 1 aromatic heterocycles. The lowest BCUT2D eigenvalue weighted by atomic mass is 10.4. The van der Waals surface area contributed by atoms with Crippen LogP contribution >= 0.6 is 0 Å². The molecular formula is C7H10N3O. The molecule has 0 N–H and O–H groups in total. The largest absolute Gasteiger partial charge is 0.338 e. The van der Waals surface area contributed by atoms with Gasteiger partial charge >= 0.3 is 0 Å². The van der Waals surface area contributed by atoms with Crippen molar-refractivity contribution in [3.05, 3.63) is 12.4 Å². The molecule has 1 aromatic rings. The second-order valence-corrected chi connectivity index (χ2v) is 2.63. The van der Waals surface area contributed by atoms with Gasteiger partial charge in [0.2, 0.25) is 5.89 Å². The molecule has 0 aromatic carbocycles. The number of rotatable bonds is 1. The van der Waals surface area contributed by atoms with Crippen molar-refractivity contribution in [1.29, 1.82) is 0 Å². The Hall–Kier alpha value is -1.06. The van der Waals surface area contributed by atoms with E-state index in [2.05, 4.69) is 16.7 Å². The van der Waals surface area contributed by atoms with E-state index >= 15 is 0 Å². The first-order valence-corrected chi connectivity index (χ1v) is 3.76. The smallest absolute Gasteiger partial charge is 0.266 e. The van der Waals surface area contributed by atoms with Crippen molar-refractivity contribution in [1.82, 2.24) is 10.1 Å². The van der Waals surface area contributed by atoms with Crippen LogP contribution in [0.25, 0.3) is 0 Å². The van der Waals surface area contributed by atoms with Crippen LogP contribution in [0.5, 0.6) is 0 Å². The Balaban J connectivity index is 2.15. The zero-order chi connectivity index (χ0) is 7.68. The van der Waals surface area contributed by atoms with Gasteiger partial charge < -0.3 is 9.42 Å². The highest BCUT2D eigenvalue weighted by Crippen LogP contribution is 2.18. The van der Waals surface area contributed by atoms with Gasteiger partial charge in [0.15, 0.2) is 0 Å². The molecule has 0 bridgehead atoms. The van der Waals surface area contributed by atoms with E-state index in [1.807, 2.05) is 4.90 Å². The lowest BCUT2D eigenvalue weighted by molar-refractivity contribution is 0.393. The van der Waals surface area contributed by atoms with Crippen molar-refractivity contribution in [2.75, 3.05) is 11.4 Å². The molecule has 1 fully saturated rings. The summed E-state index contributed by atoms with van der Waals surface area (Å²) in [6.45, 7) is 4.91. The topological polar surface area (TPSA) is 42.2 Å². The maximum Gasteiger partial charge on any atom is 0.266 e. The highest BCUT2D eigenvalue weighted by atomic mass is 16.5. The third-order valence-electron chi connectivity index (χ3n) is 1.73. The summed E-state index contributed by atoms with van der Waals surface area (Å²) in [5, 5.41) is 3.81. The zero-order valence-electron chi connectivity index (χ0n) is 6.45. The van der Waals surface area contributed by atoms with Gasteiger partial charge in [0, 0.05) is 13.5 Å². The van der Waals surface area contributed by atoms with Crippen LogP contribution in [0.3, 0.4) is 0 Å². The van der Waals surface area contributed by atoms with Gasteiger partial charge in [0.25, 0.3) is 5.95 Å². The van der Waals surface area contributed by atoms with Crippen molar-refractivity contribution in [3.8, 4) is 0 Å². The van der Waals surface area contributed by atoms with Gasteiger partial charge in [0.05, 0.1) is 6.54 Å². The molecule has 0 amide bonds. The van der Waals surface area contributed by atoms with E-state index in [-0.39, 0.29) is 0 Å². The summed E-state index contributed by atoms with van der Waals surface area (Å²) < 4.78 is 4.85. The van der Waals surface area contributed by atoms with Crippen molar-refractivity contribution < 1.29 is 4.52 Å². The summed E-state index contributed by atoms with van der Waals surface area (Å²) >= 11 is 0. The standard InChI is InChI=1S/C7H10N3O/c1-6-8-7(9-11-6)10-4-2-3-5-10/h4H,2-3,5H2,1H3. The quantitative estimate of drug-likeness (QED) is 0.605. The number of aryl methyl sites for hydroxylation is 1. The maximum absolute atomic E-state index is 4.85. The molecule has 0 spiro atoms. The van der Waals surface area contributed by atoms with Crippen molar-refractivity contribution in [3.63, 3.8) is 0 Å². The first-order chi connectivity index (χ1) is 5.36. The predicted octanol–water partition coefficient (Wildman–Crippen LogP) is 1.14. The maximum atomic E-state index is 4.85. The summed E-state index contributed by atoms with van der Waals surface area (Å²) in [5.41, 5.74) is 0. The van der Waals surface area contributed by atoms with Gasteiger partial charge in [-0.25, -0.2) is 0 Å². The van der Waals surface area contributed by atoms with Crippen LogP contribution in [-0.4, -0.2) is 16.7 Å². The Morgan fingerprint density at radius 1 is 1.64 bits per heavy atom. The molecule has 2 heterocycles. The summed E-state index contributed by atoms with van der Waals surface area (Å²) in [5.74, 6) is 1.32. The van der Waals surface area contributed by atoms with Crippen LogP contribution in [-0.2, 0) is 0 Å². The van der Waals surface area contributed by atoms with Crippen molar-refractivity contribution in [2.24, 2.45) is 0 Å². The molecule has 1 aliphatic rings. The lowest BCUT2D eigenvalue weighted by Crippen LogP contribution is -2.14. The van der Waals surface area contributed by atoms with E-state index in [4.69, 9.17) is 4.52 Å².